The Balaban J connectivity index is 1.46. The Morgan fingerprint density at radius 1 is 1.15 bits per heavy atom. The summed E-state index contributed by atoms with van der Waals surface area (Å²) in [5.74, 6) is 0.753. The predicted octanol–water partition coefficient (Wildman–Crippen LogP) is 2.51. The molecule has 3 amide bonds. The third kappa shape index (κ3) is 7.18. The van der Waals surface area contributed by atoms with Crippen molar-refractivity contribution < 1.29 is 23.6 Å². The van der Waals surface area contributed by atoms with Gasteiger partial charge in [-0.05, 0) is 37.3 Å². The lowest BCUT2D eigenvalue weighted by atomic mass is 9.97. The van der Waals surface area contributed by atoms with Gasteiger partial charge in [0.2, 0.25) is 23.5 Å². The molecule has 2 unspecified atom stereocenters. The maximum Gasteiger partial charge on any atom is 0.255 e. The van der Waals surface area contributed by atoms with E-state index in [9.17, 15) is 14.4 Å². The molecule has 0 radical (unpaired) electrons. The number of hydrogen-bond acceptors (Lipinski definition) is 8. The number of nitrogens with one attached hydrogen (secondary N) is 2. The molecule has 1 aromatic carbocycles. The van der Waals surface area contributed by atoms with Crippen LogP contribution in [0.4, 0.5) is 0 Å². The molecule has 40 heavy (non-hydrogen) atoms. The number of likely N-dealkylation sites (tertiary alicyclic amines) is 1. The Kier molecular flexibility index (Phi) is 9.44. The Morgan fingerprint density at radius 3 is 2.55 bits per heavy atom. The van der Waals surface area contributed by atoms with E-state index < -0.39 is 18.0 Å². The first-order valence-corrected chi connectivity index (χ1v) is 14.2. The van der Waals surface area contributed by atoms with Crippen molar-refractivity contribution in [3.63, 3.8) is 0 Å². The minimum absolute atomic E-state index is 0.00296. The lowest BCUT2D eigenvalue weighted by Crippen LogP contribution is -2.56. The van der Waals surface area contributed by atoms with E-state index in [2.05, 4.69) is 20.8 Å². The normalized spacial score (nSPS) is 18.6. The van der Waals surface area contributed by atoms with E-state index in [-0.39, 0.29) is 29.8 Å². The fourth-order valence-electron chi connectivity index (χ4n) is 5.05. The highest BCUT2D eigenvalue weighted by Gasteiger charge is 2.40. The van der Waals surface area contributed by atoms with Gasteiger partial charge in [0.1, 0.15) is 17.8 Å². The predicted molar refractivity (Wildman–Crippen MR) is 149 cm³/mol. The van der Waals surface area contributed by atoms with E-state index in [0.29, 0.717) is 55.5 Å². The van der Waals surface area contributed by atoms with Crippen molar-refractivity contribution >= 4 is 17.7 Å². The average molecular weight is 555 g/mol. The van der Waals surface area contributed by atoms with E-state index in [4.69, 9.17) is 9.26 Å². The average Bonchev–Trinajstić information content (AvgIpc) is 3.61. The summed E-state index contributed by atoms with van der Waals surface area (Å²) in [6.07, 6.45) is 1.86. The van der Waals surface area contributed by atoms with Crippen molar-refractivity contribution in [2.24, 2.45) is 5.92 Å². The largest absolute Gasteiger partial charge is 0.485 e. The van der Waals surface area contributed by atoms with E-state index in [1.54, 1.807) is 29.2 Å². The number of nitrogens with zero attached hydrogens (tertiary/aromatic N) is 4. The van der Waals surface area contributed by atoms with Gasteiger partial charge in [0.15, 0.2) is 6.61 Å². The molecule has 0 aliphatic carbocycles. The monoisotopic (exact) mass is 554 g/mol. The van der Waals surface area contributed by atoms with E-state index in [1.807, 2.05) is 39.5 Å². The van der Waals surface area contributed by atoms with Crippen molar-refractivity contribution in [3.8, 4) is 5.75 Å². The Bertz CT molecular complexity index is 1180. The number of carbonyl (C=O) groups is 3. The second-order valence-corrected chi connectivity index (χ2v) is 12.0. The number of piperazine rings is 1. The summed E-state index contributed by atoms with van der Waals surface area (Å²) in [7, 11) is 0. The molecule has 1 aromatic heterocycles. The molecule has 2 saturated heterocycles. The molecule has 2 aliphatic heterocycles. The van der Waals surface area contributed by atoms with Crippen LogP contribution in [0.1, 0.15) is 76.0 Å². The van der Waals surface area contributed by atoms with Gasteiger partial charge >= 0.3 is 0 Å². The Labute approximate surface area is 236 Å². The van der Waals surface area contributed by atoms with Gasteiger partial charge in [-0.3, -0.25) is 14.4 Å². The SMILES string of the molecule is CC(C)CC(NC(=O)c1ccccc1OCc1noc(C(C)(C)C)n1)C(=O)N1CCCC1C(=O)N1CCNCC1. The first-order chi connectivity index (χ1) is 19.0. The molecular formula is C29H42N6O5. The molecule has 2 atom stereocenters. The van der Waals surface area contributed by atoms with Crippen LogP contribution in [0, 0.1) is 5.92 Å². The van der Waals surface area contributed by atoms with Crippen molar-refractivity contribution in [1.82, 2.24) is 30.6 Å². The van der Waals surface area contributed by atoms with E-state index in [1.165, 1.54) is 0 Å². The van der Waals surface area contributed by atoms with E-state index in [0.717, 1.165) is 19.5 Å². The standard InChI is InChI=1S/C29H42N6O5/c1-19(2)17-21(26(37)35-14-8-10-22(35)27(38)34-15-12-30-13-16-34)31-25(36)20-9-6-7-11-23(20)39-18-24-32-28(40-33-24)29(3,4)5/h6-7,9,11,19,21-22,30H,8,10,12-18H2,1-5H3,(H,31,36). The maximum absolute atomic E-state index is 13.8. The fraction of sp³-hybridized carbons (Fsp3) is 0.621. The molecule has 0 spiro atoms. The molecule has 2 fully saturated rings. The number of hydrogen-bond donors (Lipinski definition) is 2. The number of para-hydroxylation sites is 1. The van der Waals surface area contributed by atoms with Crippen LogP contribution in [0.15, 0.2) is 28.8 Å². The van der Waals surface area contributed by atoms with Crippen LogP contribution < -0.4 is 15.4 Å². The highest BCUT2D eigenvalue weighted by atomic mass is 16.5. The molecule has 3 heterocycles. The molecular weight excluding hydrogens is 512 g/mol. The molecule has 2 N–H and O–H groups in total. The third-order valence-electron chi connectivity index (χ3n) is 7.16. The minimum Gasteiger partial charge on any atom is -0.485 e. The Morgan fingerprint density at radius 2 is 1.88 bits per heavy atom. The second-order valence-electron chi connectivity index (χ2n) is 12.0. The number of aromatic nitrogens is 2. The Hall–Kier alpha value is -3.47. The number of rotatable bonds is 9. The molecule has 2 aromatic rings. The molecule has 11 heteroatoms. The smallest absolute Gasteiger partial charge is 0.255 e. The van der Waals surface area contributed by atoms with Crippen LogP contribution in [-0.4, -0.2) is 82.5 Å². The number of carbonyl (C=O) groups excluding carboxylic acids is 3. The van der Waals surface area contributed by atoms with Crippen LogP contribution in [-0.2, 0) is 21.6 Å². The highest BCUT2D eigenvalue weighted by molar-refractivity contribution is 6.00. The topological polar surface area (TPSA) is 130 Å². The quantitative estimate of drug-likeness (QED) is 0.484. The number of ether oxygens (including phenoxy) is 1. The summed E-state index contributed by atoms with van der Waals surface area (Å²) in [5, 5.41) is 10.2. The van der Waals surface area contributed by atoms with Crippen molar-refractivity contribution in [1.29, 1.82) is 0 Å². The summed E-state index contributed by atoms with van der Waals surface area (Å²) in [6, 6.07) is 5.63. The van der Waals surface area contributed by atoms with Crippen LogP contribution in [0.5, 0.6) is 5.75 Å². The molecule has 218 valence electrons. The van der Waals surface area contributed by atoms with Gasteiger partial charge in [-0.2, -0.15) is 4.98 Å². The van der Waals surface area contributed by atoms with Crippen LogP contribution >= 0.6 is 0 Å². The van der Waals surface area contributed by atoms with Gasteiger partial charge in [-0.25, -0.2) is 0 Å². The summed E-state index contributed by atoms with van der Waals surface area (Å²) < 4.78 is 11.2. The zero-order valence-electron chi connectivity index (χ0n) is 24.2. The van der Waals surface area contributed by atoms with Gasteiger partial charge in [-0.1, -0.05) is 51.9 Å². The first-order valence-electron chi connectivity index (χ1n) is 14.2. The van der Waals surface area contributed by atoms with Gasteiger partial charge in [0.25, 0.3) is 5.91 Å². The molecule has 2 aliphatic rings. The van der Waals surface area contributed by atoms with E-state index >= 15 is 0 Å². The zero-order chi connectivity index (χ0) is 28.9. The summed E-state index contributed by atoms with van der Waals surface area (Å²) >= 11 is 0. The molecule has 0 bridgehead atoms. The molecule has 11 nitrogen and oxygen atoms in total. The molecule has 4 rings (SSSR count). The maximum atomic E-state index is 13.8. The molecule has 0 saturated carbocycles. The van der Waals surface area contributed by atoms with Crippen LogP contribution in [0.2, 0.25) is 0 Å². The second kappa shape index (κ2) is 12.8. The third-order valence-corrected chi connectivity index (χ3v) is 7.16. The van der Waals surface area contributed by atoms with Gasteiger partial charge in [-0.15, -0.1) is 0 Å². The van der Waals surface area contributed by atoms with Gasteiger partial charge < -0.3 is 29.7 Å². The van der Waals surface area contributed by atoms with Gasteiger partial charge in [0, 0.05) is 38.1 Å². The fourth-order valence-corrected chi connectivity index (χ4v) is 5.05. The first kappa shape index (κ1) is 29.5. The van der Waals surface area contributed by atoms with Gasteiger partial charge in [0.05, 0.1) is 5.56 Å². The van der Waals surface area contributed by atoms with Crippen molar-refractivity contribution in [2.75, 3.05) is 32.7 Å². The highest BCUT2D eigenvalue weighted by Crippen LogP contribution is 2.25. The van der Waals surface area contributed by atoms with Crippen molar-refractivity contribution in [3.05, 3.63) is 41.5 Å². The lowest BCUT2D eigenvalue weighted by molar-refractivity contribution is -0.145. The minimum atomic E-state index is -0.761. The van der Waals surface area contributed by atoms with Crippen LogP contribution in [0.3, 0.4) is 0 Å². The summed E-state index contributed by atoms with van der Waals surface area (Å²) in [6.45, 7) is 13.3. The zero-order valence-corrected chi connectivity index (χ0v) is 24.2. The van der Waals surface area contributed by atoms with Crippen LogP contribution in [0.25, 0.3) is 0 Å². The number of benzene rings is 1. The summed E-state index contributed by atoms with van der Waals surface area (Å²) in [4.78, 5) is 48.5. The number of amides is 3. The van der Waals surface area contributed by atoms with Crippen molar-refractivity contribution in [2.45, 2.75) is 78.0 Å². The summed E-state index contributed by atoms with van der Waals surface area (Å²) in [5.41, 5.74) is 0.0174. The lowest BCUT2D eigenvalue weighted by Gasteiger charge is -2.34.